The highest BCUT2D eigenvalue weighted by Gasteiger charge is 2.18. The van der Waals surface area contributed by atoms with Gasteiger partial charge in [-0.05, 0) is 25.8 Å². The Bertz CT molecular complexity index is 539. The minimum Gasteiger partial charge on any atom is -0.475 e. The quantitative estimate of drug-likeness (QED) is 0.637. The molecule has 0 aromatic carbocycles. The second kappa shape index (κ2) is 10.8. The van der Waals surface area contributed by atoms with Gasteiger partial charge in [0.15, 0.2) is 0 Å². The van der Waals surface area contributed by atoms with Crippen LogP contribution in [-0.2, 0) is 12.8 Å². The summed E-state index contributed by atoms with van der Waals surface area (Å²) in [6.45, 7) is 18.4. The van der Waals surface area contributed by atoms with Crippen molar-refractivity contribution < 1.29 is 4.74 Å². The van der Waals surface area contributed by atoms with E-state index < -0.39 is 0 Å². The van der Waals surface area contributed by atoms with Crippen molar-refractivity contribution in [1.29, 1.82) is 0 Å². The summed E-state index contributed by atoms with van der Waals surface area (Å²) in [7, 11) is 0. The number of hydrogen-bond acceptors (Lipinski definition) is 5. The summed E-state index contributed by atoms with van der Waals surface area (Å²) in [6.07, 6.45) is 4.43. The first-order chi connectivity index (χ1) is 12.6. The van der Waals surface area contributed by atoms with Crippen LogP contribution in [0.5, 0.6) is 5.88 Å². The maximum Gasteiger partial charge on any atom is 0.236 e. The fourth-order valence-corrected chi connectivity index (χ4v) is 3.44. The van der Waals surface area contributed by atoms with E-state index in [4.69, 9.17) is 14.7 Å². The van der Waals surface area contributed by atoms with Crippen molar-refractivity contribution in [2.75, 3.05) is 45.9 Å². The minimum atomic E-state index is 0.329. The van der Waals surface area contributed by atoms with Gasteiger partial charge in [-0.15, -0.1) is 0 Å². The Labute approximate surface area is 160 Å². The van der Waals surface area contributed by atoms with E-state index in [0.29, 0.717) is 12.5 Å². The molecule has 0 spiro atoms. The summed E-state index contributed by atoms with van der Waals surface area (Å²) in [5, 5.41) is 0. The van der Waals surface area contributed by atoms with E-state index in [1.807, 2.05) is 0 Å². The number of rotatable bonds is 10. The zero-order chi connectivity index (χ0) is 18.9. The van der Waals surface area contributed by atoms with Gasteiger partial charge in [-0.3, -0.25) is 9.88 Å². The fourth-order valence-electron chi connectivity index (χ4n) is 3.44. The van der Waals surface area contributed by atoms with Gasteiger partial charge in [-0.2, -0.15) is 0 Å². The lowest BCUT2D eigenvalue weighted by atomic mass is 10.1. The van der Waals surface area contributed by atoms with Gasteiger partial charge >= 0.3 is 0 Å². The molecule has 2 heterocycles. The van der Waals surface area contributed by atoms with Gasteiger partial charge in [-0.1, -0.05) is 41.0 Å². The molecule has 5 heteroatoms. The molecule has 1 aromatic rings. The molecule has 2 rings (SSSR count). The maximum atomic E-state index is 6.11. The molecule has 1 aliphatic rings. The SMILES string of the molecule is CCCCN1CCN(CCOc2nc(CC)c(CC)nc2C(C)C)CC1. The average molecular weight is 363 g/mol. The molecule has 0 N–H and O–H groups in total. The van der Waals surface area contributed by atoms with E-state index in [1.165, 1.54) is 32.5 Å². The Hall–Kier alpha value is -1.20. The number of piperazine rings is 1. The Kier molecular flexibility index (Phi) is 8.79. The van der Waals surface area contributed by atoms with Gasteiger partial charge < -0.3 is 9.64 Å². The van der Waals surface area contributed by atoms with Crippen LogP contribution < -0.4 is 4.74 Å². The molecule has 1 fully saturated rings. The van der Waals surface area contributed by atoms with Crippen LogP contribution in [0.25, 0.3) is 0 Å². The third-order valence-electron chi connectivity index (χ3n) is 5.20. The van der Waals surface area contributed by atoms with E-state index in [2.05, 4.69) is 44.4 Å². The zero-order valence-corrected chi connectivity index (χ0v) is 17.6. The summed E-state index contributed by atoms with van der Waals surface area (Å²) < 4.78 is 6.11. The molecular weight excluding hydrogens is 324 g/mol. The first-order valence-electron chi connectivity index (χ1n) is 10.6. The zero-order valence-electron chi connectivity index (χ0n) is 17.6. The predicted molar refractivity (Wildman–Crippen MR) is 108 cm³/mol. The summed E-state index contributed by atoms with van der Waals surface area (Å²) >= 11 is 0. The van der Waals surface area contributed by atoms with Gasteiger partial charge in [0.05, 0.1) is 11.4 Å². The normalized spacial score (nSPS) is 16.4. The van der Waals surface area contributed by atoms with E-state index in [1.54, 1.807) is 0 Å². The first kappa shape index (κ1) is 21.1. The Morgan fingerprint density at radius 3 is 2.00 bits per heavy atom. The smallest absolute Gasteiger partial charge is 0.236 e. The molecule has 1 aromatic heterocycles. The number of unbranched alkanes of at least 4 members (excludes halogenated alkanes) is 1. The molecule has 0 unspecified atom stereocenters. The minimum absolute atomic E-state index is 0.329. The molecule has 1 aliphatic heterocycles. The van der Waals surface area contributed by atoms with E-state index in [9.17, 15) is 0 Å². The summed E-state index contributed by atoms with van der Waals surface area (Å²) in [4.78, 5) is 14.7. The van der Waals surface area contributed by atoms with Gasteiger partial charge in [-0.25, -0.2) is 4.98 Å². The lowest BCUT2D eigenvalue weighted by Gasteiger charge is -2.34. The Morgan fingerprint density at radius 2 is 1.46 bits per heavy atom. The number of nitrogens with zero attached hydrogens (tertiary/aromatic N) is 4. The number of hydrogen-bond donors (Lipinski definition) is 0. The average Bonchev–Trinajstić information content (AvgIpc) is 2.66. The molecule has 0 saturated carbocycles. The van der Waals surface area contributed by atoms with Crippen molar-refractivity contribution in [2.24, 2.45) is 0 Å². The summed E-state index contributed by atoms with van der Waals surface area (Å²) in [5.41, 5.74) is 3.20. The standard InChI is InChI=1S/C21H38N4O/c1-6-9-10-24-11-13-25(14-12-24)15-16-26-21-20(17(4)5)22-18(7-2)19(8-3)23-21/h17H,6-16H2,1-5H3. The first-order valence-corrected chi connectivity index (χ1v) is 10.6. The highest BCUT2D eigenvalue weighted by Crippen LogP contribution is 2.24. The van der Waals surface area contributed by atoms with E-state index in [0.717, 1.165) is 55.4 Å². The third-order valence-corrected chi connectivity index (χ3v) is 5.20. The highest BCUT2D eigenvalue weighted by molar-refractivity contribution is 5.27. The molecule has 148 valence electrons. The van der Waals surface area contributed by atoms with Crippen molar-refractivity contribution in [3.63, 3.8) is 0 Å². The Morgan fingerprint density at radius 1 is 0.885 bits per heavy atom. The van der Waals surface area contributed by atoms with Crippen LogP contribution in [0.3, 0.4) is 0 Å². The molecule has 0 amide bonds. The Balaban J connectivity index is 1.87. The van der Waals surface area contributed by atoms with Crippen molar-refractivity contribution in [3.8, 4) is 5.88 Å². The van der Waals surface area contributed by atoms with Crippen LogP contribution in [0.15, 0.2) is 0 Å². The van der Waals surface area contributed by atoms with Gasteiger partial charge in [0.2, 0.25) is 5.88 Å². The van der Waals surface area contributed by atoms with Gasteiger partial charge in [0, 0.05) is 38.6 Å². The highest BCUT2D eigenvalue weighted by atomic mass is 16.5. The lowest BCUT2D eigenvalue weighted by molar-refractivity contribution is 0.114. The molecule has 5 nitrogen and oxygen atoms in total. The number of aromatic nitrogens is 2. The van der Waals surface area contributed by atoms with Crippen LogP contribution >= 0.6 is 0 Å². The molecular formula is C21H38N4O. The van der Waals surface area contributed by atoms with Crippen LogP contribution in [0, 0.1) is 0 Å². The molecule has 0 bridgehead atoms. The second-order valence-electron chi connectivity index (χ2n) is 7.55. The van der Waals surface area contributed by atoms with Crippen LogP contribution in [0.4, 0.5) is 0 Å². The topological polar surface area (TPSA) is 41.5 Å². The van der Waals surface area contributed by atoms with Crippen molar-refractivity contribution in [1.82, 2.24) is 19.8 Å². The fraction of sp³-hybridized carbons (Fsp3) is 0.810. The van der Waals surface area contributed by atoms with E-state index >= 15 is 0 Å². The van der Waals surface area contributed by atoms with Crippen LogP contribution in [-0.4, -0.2) is 65.6 Å². The maximum absolute atomic E-state index is 6.11. The van der Waals surface area contributed by atoms with Gasteiger partial charge in [0.1, 0.15) is 12.3 Å². The molecule has 0 aliphatic carbocycles. The van der Waals surface area contributed by atoms with Crippen molar-refractivity contribution in [3.05, 3.63) is 17.1 Å². The summed E-state index contributed by atoms with van der Waals surface area (Å²) in [6, 6.07) is 0. The molecule has 0 atom stereocenters. The van der Waals surface area contributed by atoms with Gasteiger partial charge in [0.25, 0.3) is 0 Å². The van der Waals surface area contributed by atoms with E-state index in [-0.39, 0.29) is 0 Å². The van der Waals surface area contributed by atoms with Crippen LogP contribution in [0.1, 0.15) is 70.5 Å². The van der Waals surface area contributed by atoms with Crippen molar-refractivity contribution in [2.45, 2.75) is 66.2 Å². The van der Waals surface area contributed by atoms with Crippen LogP contribution in [0.2, 0.25) is 0 Å². The van der Waals surface area contributed by atoms with Crippen molar-refractivity contribution >= 4 is 0 Å². The lowest BCUT2D eigenvalue weighted by Crippen LogP contribution is -2.47. The molecule has 26 heavy (non-hydrogen) atoms. The monoisotopic (exact) mass is 362 g/mol. The number of aryl methyl sites for hydroxylation is 2. The second-order valence-corrected chi connectivity index (χ2v) is 7.55. The predicted octanol–water partition coefficient (Wildman–Crippen LogP) is 3.52. The molecule has 0 radical (unpaired) electrons. The largest absolute Gasteiger partial charge is 0.475 e. The third kappa shape index (κ3) is 5.92. The number of ether oxygens (including phenoxy) is 1. The molecule has 1 saturated heterocycles. The summed E-state index contributed by atoms with van der Waals surface area (Å²) in [5.74, 6) is 1.08.